The van der Waals surface area contributed by atoms with Crippen LogP contribution in [0.4, 0.5) is 20.3 Å². The minimum atomic E-state index is -1.18. The third-order valence-electron chi connectivity index (χ3n) is 3.52. The van der Waals surface area contributed by atoms with Gasteiger partial charge in [0.05, 0.1) is 17.9 Å². The molecule has 0 saturated carbocycles. The van der Waals surface area contributed by atoms with Gasteiger partial charge in [0.1, 0.15) is 13.7 Å². The van der Waals surface area contributed by atoms with Crippen LogP contribution in [-0.4, -0.2) is 25.3 Å². The number of hydrogen-bond donors (Lipinski definition) is 2. The van der Waals surface area contributed by atoms with Gasteiger partial charge in [0.25, 0.3) is 5.91 Å². The number of rotatable bonds is 7. The zero-order valence-corrected chi connectivity index (χ0v) is 14.5. The van der Waals surface area contributed by atoms with Crippen LogP contribution in [0.5, 0.6) is 0 Å². The molecule has 0 spiro atoms. The quantitative estimate of drug-likeness (QED) is 0.345. The molecule has 1 amide bonds. The summed E-state index contributed by atoms with van der Waals surface area (Å²) in [5, 5.41) is 2.69. The predicted octanol–water partition coefficient (Wildman–Crippen LogP) is 2.16. The van der Waals surface area contributed by atoms with E-state index in [0.717, 1.165) is 5.56 Å². The van der Waals surface area contributed by atoms with E-state index in [-0.39, 0.29) is 29.1 Å². The highest BCUT2D eigenvalue weighted by atomic mass is 19.2. The van der Waals surface area contributed by atoms with Crippen LogP contribution in [0.3, 0.4) is 0 Å². The number of nitrogens with zero attached hydrogens (tertiary/aromatic N) is 1. The number of halogens is 2. The van der Waals surface area contributed by atoms with E-state index in [4.69, 9.17) is 4.84 Å². The minimum absolute atomic E-state index is 0.0114. The molecule has 1 aromatic carbocycles. The molecule has 0 unspecified atom stereocenters. The van der Waals surface area contributed by atoms with Gasteiger partial charge in [0.2, 0.25) is 0 Å². The number of nitrogens with one attached hydrogen (secondary N) is 2. The number of hydrogen-bond acceptors (Lipinski definition) is 4. The van der Waals surface area contributed by atoms with E-state index in [2.05, 4.69) is 28.9 Å². The highest BCUT2D eigenvalue weighted by molar-refractivity contribution is 6.33. The van der Waals surface area contributed by atoms with Crippen LogP contribution in [0.15, 0.2) is 37.6 Å². The van der Waals surface area contributed by atoms with E-state index in [0.29, 0.717) is 5.56 Å². The summed E-state index contributed by atoms with van der Waals surface area (Å²) in [5.74, 6) is -2.72. The fourth-order valence-corrected chi connectivity index (χ4v) is 2.25. The molecule has 0 fully saturated rings. The van der Waals surface area contributed by atoms with Gasteiger partial charge in [0.15, 0.2) is 11.6 Å². The monoisotopic (exact) mass is 357 g/mol. The first kappa shape index (κ1) is 19.3. The molecule has 8 heteroatoms. The summed E-state index contributed by atoms with van der Waals surface area (Å²) in [6, 6.07) is 3.01. The van der Waals surface area contributed by atoms with E-state index < -0.39 is 17.5 Å². The van der Waals surface area contributed by atoms with Crippen LogP contribution in [0.2, 0.25) is 0 Å². The van der Waals surface area contributed by atoms with Crippen LogP contribution in [0, 0.1) is 18.6 Å². The maximum Gasteiger partial charge on any atom is 0.277 e. The van der Waals surface area contributed by atoms with Crippen molar-refractivity contribution in [3.05, 3.63) is 65.9 Å². The molecule has 0 radical (unpaired) electrons. The van der Waals surface area contributed by atoms with Crippen LogP contribution in [-0.2, 0) is 4.84 Å². The van der Waals surface area contributed by atoms with Crippen molar-refractivity contribution in [2.45, 2.75) is 6.92 Å². The van der Waals surface area contributed by atoms with Crippen molar-refractivity contribution < 1.29 is 18.4 Å². The van der Waals surface area contributed by atoms with Crippen molar-refractivity contribution in [2.75, 3.05) is 11.9 Å². The summed E-state index contributed by atoms with van der Waals surface area (Å²) in [6.07, 6.45) is 4.52. The Bertz CT molecular complexity index is 872. The van der Waals surface area contributed by atoms with Crippen molar-refractivity contribution in [1.82, 2.24) is 10.5 Å². The van der Waals surface area contributed by atoms with Gasteiger partial charge < -0.3 is 5.32 Å². The van der Waals surface area contributed by atoms with Gasteiger partial charge in [-0.25, -0.2) is 19.2 Å². The number of amides is 1. The first-order valence-corrected chi connectivity index (χ1v) is 7.76. The average Bonchev–Trinajstić information content (AvgIpc) is 2.63. The summed E-state index contributed by atoms with van der Waals surface area (Å²) in [4.78, 5) is 21.4. The number of aryl methyl sites for hydroxylation is 1. The molecular weight excluding hydrogens is 339 g/mol. The molecule has 2 N–H and O–H groups in total. The lowest BCUT2D eigenvalue weighted by atomic mass is 9.92. The van der Waals surface area contributed by atoms with Gasteiger partial charge in [-0.2, -0.15) is 0 Å². The van der Waals surface area contributed by atoms with E-state index in [1.165, 1.54) is 26.1 Å². The van der Waals surface area contributed by atoms with Crippen molar-refractivity contribution in [3.8, 4) is 0 Å². The Balaban J connectivity index is 2.49. The van der Waals surface area contributed by atoms with Crippen LogP contribution in [0.25, 0.3) is 6.08 Å². The lowest BCUT2D eigenvalue weighted by Crippen LogP contribution is -2.27. The molecule has 5 nitrogen and oxygen atoms in total. The summed E-state index contributed by atoms with van der Waals surface area (Å²) in [6.45, 7) is 9.04. The molecule has 2 rings (SSSR count). The molecule has 1 heterocycles. The van der Waals surface area contributed by atoms with Crippen molar-refractivity contribution in [3.63, 3.8) is 0 Å². The van der Waals surface area contributed by atoms with Gasteiger partial charge in [0, 0.05) is 11.8 Å². The lowest BCUT2D eigenvalue weighted by Gasteiger charge is -2.16. The molecule has 0 saturated heterocycles. The fraction of sp³-hybridized carbons (Fsp3) is 0.111. The molecular formula is C18H18BF2N3O2. The lowest BCUT2D eigenvalue weighted by molar-refractivity contribution is 0.0422. The van der Waals surface area contributed by atoms with Gasteiger partial charge >= 0.3 is 0 Å². The maximum atomic E-state index is 14.5. The van der Waals surface area contributed by atoms with E-state index >= 15 is 0 Å². The first-order chi connectivity index (χ1) is 12.4. The van der Waals surface area contributed by atoms with Crippen molar-refractivity contribution in [1.29, 1.82) is 0 Å². The Morgan fingerprint density at radius 1 is 1.35 bits per heavy atom. The summed E-state index contributed by atoms with van der Waals surface area (Å²) >= 11 is 0. The number of benzene rings is 1. The summed E-state index contributed by atoms with van der Waals surface area (Å²) < 4.78 is 28.6. The first-order valence-electron chi connectivity index (χ1n) is 7.76. The van der Waals surface area contributed by atoms with E-state index in [1.54, 1.807) is 12.3 Å². The molecule has 0 bridgehead atoms. The maximum absolute atomic E-state index is 14.5. The number of aromatic nitrogens is 1. The SMILES string of the molecule is Bc1cc(C(=O)NOCC=C)c(Nc2ncc(C)cc2C=C)c(F)c1F. The minimum Gasteiger partial charge on any atom is -0.337 e. The molecule has 0 aliphatic rings. The highest BCUT2D eigenvalue weighted by Gasteiger charge is 2.22. The van der Waals surface area contributed by atoms with Gasteiger partial charge in [-0.3, -0.25) is 9.63 Å². The molecule has 26 heavy (non-hydrogen) atoms. The van der Waals surface area contributed by atoms with Gasteiger partial charge in [-0.1, -0.05) is 24.8 Å². The average molecular weight is 357 g/mol. The molecule has 134 valence electrons. The molecule has 0 atom stereocenters. The molecule has 2 aromatic rings. The van der Waals surface area contributed by atoms with Crippen molar-refractivity contribution in [2.24, 2.45) is 0 Å². The summed E-state index contributed by atoms with van der Waals surface area (Å²) in [5.41, 5.74) is 3.14. The molecule has 1 aromatic heterocycles. The Morgan fingerprint density at radius 2 is 2.08 bits per heavy atom. The normalized spacial score (nSPS) is 10.3. The van der Waals surface area contributed by atoms with Crippen LogP contribution in [0.1, 0.15) is 21.5 Å². The third kappa shape index (κ3) is 4.15. The van der Waals surface area contributed by atoms with E-state index in [1.807, 2.05) is 6.92 Å². The Hall–Kier alpha value is -3.00. The Kier molecular flexibility index (Phi) is 6.24. The number of hydroxylamine groups is 1. The van der Waals surface area contributed by atoms with Gasteiger partial charge in [-0.05, 0) is 24.0 Å². The van der Waals surface area contributed by atoms with Crippen molar-refractivity contribution >= 4 is 36.8 Å². The Labute approximate surface area is 151 Å². The van der Waals surface area contributed by atoms with Crippen LogP contribution >= 0.6 is 0 Å². The largest absolute Gasteiger partial charge is 0.337 e. The van der Waals surface area contributed by atoms with E-state index in [9.17, 15) is 13.6 Å². The number of anilines is 2. The number of pyridine rings is 1. The zero-order valence-electron chi connectivity index (χ0n) is 14.5. The topological polar surface area (TPSA) is 63.2 Å². The number of carbonyl (C=O) groups excluding carboxylic acids is 1. The van der Waals surface area contributed by atoms with Gasteiger partial charge in [-0.15, -0.1) is 6.58 Å². The molecule has 0 aliphatic carbocycles. The molecule has 0 aliphatic heterocycles. The fourth-order valence-electron chi connectivity index (χ4n) is 2.25. The second kappa shape index (κ2) is 8.40. The standard InChI is InChI=1S/C18H18BF2N3O2/c1-4-6-26-24-18(25)12-8-13(19)14(20)15(21)16(12)23-17-11(5-2)7-10(3)9-22-17/h4-5,7-9H,1-2,6,19H2,3H3,(H,22,23)(H,24,25). The smallest absolute Gasteiger partial charge is 0.277 e. The predicted molar refractivity (Wildman–Crippen MR) is 100 cm³/mol. The highest BCUT2D eigenvalue weighted by Crippen LogP contribution is 2.27. The summed E-state index contributed by atoms with van der Waals surface area (Å²) in [7, 11) is 1.36. The second-order valence-electron chi connectivity index (χ2n) is 5.55. The Morgan fingerprint density at radius 3 is 2.73 bits per heavy atom. The number of carbonyl (C=O) groups is 1. The zero-order chi connectivity index (χ0) is 19.3. The second-order valence-corrected chi connectivity index (χ2v) is 5.55. The third-order valence-corrected chi connectivity index (χ3v) is 3.52. The van der Waals surface area contributed by atoms with Crippen LogP contribution < -0.4 is 16.3 Å².